The van der Waals surface area contributed by atoms with Gasteiger partial charge in [0.05, 0.1) is 24.4 Å². The molecular formula is C14H15N3O3. The van der Waals surface area contributed by atoms with Crippen LogP contribution < -0.4 is 10.6 Å². The molecule has 2 rings (SSSR count). The van der Waals surface area contributed by atoms with Gasteiger partial charge in [0, 0.05) is 12.1 Å². The van der Waals surface area contributed by atoms with Crippen molar-refractivity contribution >= 4 is 17.4 Å². The largest absolute Gasteiger partial charge is 0.367 e. The van der Waals surface area contributed by atoms with Gasteiger partial charge in [-0.3, -0.25) is 9.59 Å². The van der Waals surface area contributed by atoms with E-state index in [0.717, 1.165) is 0 Å². The van der Waals surface area contributed by atoms with E-state index in [-0.39, 0.29) is 12.3 Å². The summed E-state index contributed by atoms with van der Waals surface area (Å²) in [5.74, 6) is -0.605. The van der Waals surface area contributed by atoms with Crippen LogP contribution in [0.3, 0.4) is 0 Å². The predicted octanol–water partition coefficient (Wildman–Crippen LogP) is 0.451. The van der Waals surface area contributed by atoms with Crippen LogP contribution in [0.1, 0.15) is 22.8 Å². The molecule has 0 radical (unpaired) electrons. The predicted molar refractivity (Wildman–Crippen MR) is 72.3 cm³/mol. The molecule has 1 unspecified atom stereocenters. The lowest BCUT2D eigenvalue weighted by molar-refractivity contribution is -0.130. The van der Waals surface area contributed by atoms with Crippen LogP contribution >= 0.6 is 0 Å². The van der Waals surface area contributed by atoms with Gasteiger partial charge in [-0.15, -0.1) is 0 Å². The van der Waals surface area contributed by atoms with Crippen molar-refractivity contribution in [1.82, 2.24) is 0 Å². The molecule has 6 nitrogen and oxygen atoms in total. The van der Waals surface area contributed by atoms with Crippen molar-refractivity contribution in [3.05, 3.63) is 29.3 Å². The third-order valence-corrected chi connectivity index (χ3v) is 3.25. The van der Waals surface area contributed by atoms with Crippen LogP contribution in [0.25, 0.3) is 0 Å². The first-order chi connectivity index (χ1) is 9.52. The van der Waals surface area contributed by atoms with Gasteiger partial charge < -0.3 is 15.4 Å². The van der Waals surface area contributed by atoms with Gasteiger partial charge in [0.2, 0.25) is 5.91 Å². The third-order valence-electron chi connectivity index (χ3n) is 3.25. The smallest absolute Gasteiger partial charge is 0.248 e. The number of carbonyl (C=O) groups is 2. The number of ketones is 1. The molecule has 1 saturated heterocycles. The summed E-state index contributed by atoms with van der Waals surface area (Å²) in [6.45, 7) is 2.64. The Morgan fingerprint density at radius 2 is 2.25 bits per heavy atom. The topological polar surface area (TPSA) is 96.4 Å². The van der Waals surface area contributed by atoms with Gasteiger partial charge >= 0.3 is 0 Å². The Hall–Kier alpha value is -2.39. The fourth-order valence-electron chi connectivity index (χ4n) is 2.15. The third kappa shape index (κ3) is 2.78. The monoisotopic (exact) mass is 273 g/mol. The van der Waals surface area contributed by atoms with Gasteiger partial charge in [0.1, 0.15) is 6.07 Å². The van der Waals surface area contributed by atoms with Gasteiger partial charge in [0.25, 0.3) is 0 Å². The Balaban J connectivity index is 2.35. The Morgan fingerprint density at radius 1 is 1.50 bits per heavy atom. The quantitative estimate of drug-likeness (QED) is 0.807. The second kappa shape index (κ2) is 5.72. The Kier molecular flexibility index (Phi) is 4.01. The van der Waals surface area contributed by atoms with Gasteiger partial charge in [0.15, 0.2) is 11.9 Å². The zero-order chi connectivity index (χ0) is 14.7. The van der Waals surface area contributed by atoms with Crippen molar-refractivity contribution in [2.75, 3.05) is 24.6 Å². The lowest BCUT2D eigenvalue weighted by atomic mass is 10.1. The molecule has 1 amide bonds. The van der Waals surface area contributed by atoms with E-state index in [4.69, 9.17) is 15.7 Å². The molecule has 0 bridgehead atoms. The van der Waals surface area contributed by atoms with Crippen LogP contribution in [0, 0.1) is 11.3 Å². The number of hydrogen-bond donors (Lipinski definition) is 1. The Morgan fingerprint density at radius 3 is 2.85 bits per heavy atom. The van der Waals surface area contributed by atoms with Gasteiger partial charge in [-0.05, 0) is 25.1 Å². The summed E-state index contributed by atoms with van der Waals surface area (Å²) >= 11 is 0. The molecule has 2 N–H and O–H groups in total. The van der Waals surface area contributed by atoms with Crippen LogP contribution in [-0.2, 0) is 9.53 Å². The molecule has 104 valence electrons. The molecule has 1 atom stereocenters. The number of nitriles is 1. The highest BCUT2D eigenvalue weighted by Crippen LogP contribution is 2.24. The number of hydrogen-bond acceptors (Lipinski definition) is 5. The van der Waals surface area contributed by atoms with E-state index < -0.39 is 12.0 Å². The van der Waals surface area contributed by atoms with Crippen LogP contribution in [0.15, 0.2) is 18.2 Å². The molecule has 1 aliphatic heterocycles. The minimum atomic E-state index is -0.698. The molecule has 0 aliphatic carbocycles. The maximum atomic E-state index is 11.5. The Bertz CT molecular complexity index is 592. The molecule has 0 saturated carbocycles. The van der Waals surface area contributed by atoms with Gasteiger partial charge in [-0.1, -0.05) is 0 Å². The fraction of sp³-hybridized carbons (Fsp3) is 0.357. The number of ether oxygens (including phenoxy) is 1. The first-order valence-electron chi connectivity index (χ1n) is 6.24. The second-order valence-electron chi connectivity index (χ2n) is 4.61. The zero-order valence-corrected chi connectivity index (χ0v) is 11.1. The number of carbonyl (C=O) groups excluding carboxylic acids is 2. The number of nitrogens with zero attached hydrogens (tertiary/aromatic N) is 2. The molecular weight excluding hydrogens is 258 g/mol. The van der Waals surface area contributed by atoms with E-state index in [1.165, 1.54) is 6.92 Å². The lowest BCUT2D eigenvalue weighted by Crippen LogP contribution is -2.48. The summed E-state index contributed by atoms with van der Waals surface area (Å²) in [5, 5.41) is 9.17. The van der Waals surface area contributed by atoms with Crippen molar-refractivity contribution in [1.29, 1.82) is 5.26 Å². The second-order valence-corrected chi connectivity index (χ2v) is 4.61. The van der Waals surface area contributed by atoms with Crippen LogP contribution in [-0.4, -0.2) is 37.5 Å². The SMILES string of the molecule is CC(=O)c1ccc(C#N)c(N2CCOC(C(N)=O)C2)c1. The first-order valence-corrected chi connectivity index (χ1v) is 6.24. The van der Waals surface area contributed by atoms with Crippen molar-refractivity contribution in [3.8, 4) is 6.07 Å². The molecule has 1 fully saturated rings. The summed E-state index contributed by atoms with van der Waals surface area (Å²) in [4.78, 5) is 24.5. The number of benzene rings is 1. The minimum Gasteiger partial charge on any atom is -0.367 e. The average molecular weight is 273 g/mol. The standard InChI is InChI=1S/C14H15N3O3/c1-9(18)10-2-3-11(7-15)12(6-10)17-4-5-20-13(8-17)14(16)19/h2-3,6,13H,4-5,8H2,1H3,(H2,16,19). The molecule has 1 aliphatic rings. The molecule has 1 aromatic rings. The van der Waals surface area contributed by atoms with Crippen LogP contribution in [0.5, 0.6) is 0 Å². The van der Waals surface area contributed by atoms with Crippen molar-refractivity contribution in [2.45, 2.75) is 13.0 Å². The van der Waals surface area contributed by atoms with Gasteiger partial charge in [-0.25, -0.2) is 0 Å². The first kappa shape index (κ1) is 14.0. The van der Waals surface area contributed by atoms with E-state index in [9.17, 15) is 9.59 Å². The average Bonchev–Trinajstić information content (AvgIpc) is 2.46. The normalized spacial score (nSPS) is 18.4. The summed E-state index contributed by atoms with van der Waals surface area (Å²) in [6.07, 6.45) is -0.698. The lowest BCUT2D eigenvalue weighted by Gasteiger charge is -2.33. The highest BCUT2D eigenvalue weighted by atomic mass is 16.5. The number of rotatable bonds is 3. The minimum absolute atomic E-state index is 0.0737. The van der Waals surface area contributed by atoms with Gasteiger partial charge in [-0.2, -0.15) is 5.26 Å². The number of Topliss-reactive ketones (excluding diaryl/α,β-unsaturated/α-hetero) is 1. The molecule has 0 spiro atoms. The maximum Gasteiger partial charge on any atom is 0.248 e. The van der Waals surface area contributed by atoms with E-state index in [1.54, 1.807) is 18.2 Å². The van der Waals surface area contributed by atoms with Crippen LogP contribution in [0.2, 0.25) is 0 Å². The van der Waals surface area contributed by atoms with E-state index in [0.29, 0.717) is 30.0 Å². The van der Waals surface area contributed by atoms with E-state index >= 15 is 0 Å². The summed E-state index contributed by atoms with van der Waals surface area (Å²) in [5.41, 5.74) is 6.87. The van der Waals surface area contributed by atoms with E-state index in [1.807, 2.05) is 4.90 Å². The highest BCUT2D eigenvalue weighted by Gasteiger charge is 2.26. The fourth-order valence-corrected chi connectivity index (χ4v) is 2.15. The number of amides is 1. The maximum absolute atomic E-state index is 11.5. The summed E-state index contributed by atoms with van der Waals surface area (Å²) in [7, 11) is 0. The Labute approximate surface area is 116 Å². The van der Waals surface area contributed by atoms with E-state index in [2.05, 4.69) is 6.07 Å². The summed E-state index contributed by atoms with van der Waals surface area (Å²) < 4.78 is 5.28. The number of primary amides is 1. The van der Waals surface area contributed by atoms with Crippen LogP contribution in [0.4, 0.5) is 5.69 Å². The van der Waals surface area contributed by atoms with Crippen molar-refractivity contribution < 1.29 is 14.3 Å². The highest BCUT2D eigenvalue weighted by molar-refractivity contribution is 5.95. The molecule has 6 heteroatoms. The number of nitrogens with two attached hydrogens (primary N) is 1. The number of anilines is 1. The number of morpholine rings is 1. The molecule has 1 heterocycles. The zero-order valence-electron chi connectivity index (χ0n) is 11.1. The summed E-state index contributed by atoms with van der Waals surface area (Å²) in [6, 6.07) is 7.00. The molecule has 20 heavy (non-hydrogen) atoms. The molecule has 1 aromatic carbocycles. The molecule has 0 aromatic heterocycles. The van der Waals surface area contributed by atoms with Crippen molar-refractivity contribution in [3.63, 3.8) is 0 Å². The van der Waals surface area contributed by atoms with Crippen molar-refractivity contribution in [2.24, 2.45) is 5.73 Å².